The van der Waals surface area contributed by atoms with Crippen molar-refractivity contribution in [1.29, 1.82) is 0 Å². The molecule has 0 fully saturated rings. The fraction of sp³-hybridized carbons (Fsp3) is 0.231. The minimum atomic E-state index is -0.475. The molecule has 7 heteroatoms. The zero-order chi connectivity index (χ0) is 23.4. The Morgan fingerprint density at radius 2 is 1.70 bits per heavy atom. The van der Waals surface area contributed by atoms with E-state index < -0.39 is 5.97 Å². The molecule has 5 nitrogen and oxygen atoms in total. The Labute approximate surface area is 204 Å². The van der Waals surface area contributed by atoms with Gasteiger partial charge in [0.25, 0.3) is 0 Å². The molecule has 0 saturated carbocycles. The maximum atomic E-state index is 12.3. The summed E-state index contributed by atoms with van der Waals surface area (Å²) in [6, 6.07) is 21.1. The molecule has 3 aromatic carbocycles. The van der Waals surface area contributed by atoms with Crippen LogP contribution in [0.1, 0.15) is 29.3 Å². The fourth-order valence-corrected chi connectivity index (χ4v) is 4.87. The second-order valence-corrected chi connectivity index (χ2v) is 9.65. The van der Waals surface area contributed by atoms with Gasteiger partial charge in [-0.3, -0.25) is 0 Å². The van der Waals surface area contributed by atoms with Crippen LogP contribution >= 0.6 is 23.4 Å². The van der Waals surface area contributed by atoms with E-state index in [1.54, 1.807) is 36.0 Å². The third-order valence-electron chi connectivity index (χ3n) is 5.36. The number of fused-ring (bicyclic) bond motifs is 2. The highest BCUT2D eigenvalue weighted by atomic mass is 35.5. The van der Waals surface area contributed by atoms with Gasteiger partial charge in [-0.2, -0.15) is 0 Å². The first-order valence-corrected chi connectivity index (χ1v) is 12.0. The van der Waals surface area contributed by atoms with Gasteiger partial charge in [-0.25, -0.2) is 4.79 Å². The highest BCUT2D eigenvalue weighted by Crippen LogP contribution is 2.49. The molecule has 0 N–H and O–H groups in total. The minimum absolute atomic E-state index is 0.469. The highest BCUT2D eigenvalue weighted by molar-refractivity contribution is 7.99. The van der Waals surface area contributed by atoms with Gasteiger partial charge >= 0.3 is 5.97 Å². The van der Waals surface area contributed by atoms with Gasteiger partial charge in [-0.05, 0) is 76.4 Å². The molecule has 4 rings (SSSR count). The van der Waals surface area contributed by atoms with E-state index in [4.69, 9.17) is 16.4 Å². The van der Waals surface area contributed by atoms with Crippen LogP contribution in [0.4, 0.5) is 11.4 Å². The molecule has 0 spiro atoms. The SMILES string of the molecule is C/C(=N\OC(=O)c1ccccc1)c1ccc2c(c1)N(CCCN(C)C)c1cc(Cl)ccc1S2. The summed E-state index contributed by atoms with van der Waals surface area (Å²) in [6.45, 7) is 3.70. The summed E-state index contributed by atoms with van der Waals surface area (Å²) < 4.78 is 0. The summed E-state index contributed by atoms with van der Waals surface area (Å²) >= 11 is 8.08. The molecule has 1 aliphatic heterocycles. The van der Waals surface area contributed by atoms with Crippen LogP contribution in [0.3, 0.4) is 0 Å². The van der Waals surface area contributed by atoms with Gasteiger partial charge in [-0.1, -0.05) is 52.8 Å². The molecule has 1 heterocycles. The van der Waals surface area contributed by atoms with E-state index in [0.29, 0.717) is 11.3 Å². The number of rotatable bonds is 7. The monoisotopic (exact) mass is 479 g/mol. The summed E-state index contributed by atoms with van der Waals surface area (Å²) in [5.41, 5.74) is 4.22. The molecule has 0 aliphatic carbocycles. The smallest absolute Gasteiger partial charge is 0.340 e. The van der Waals surface area contributed by atoms with Gasteiger partial charge in [0.15, 0.2) is 0 Å². The Hall–Kier alpha value is -2.80. The number of carbonyl (C=O) groups is 1. The van der Waals surface area contributed by atoms with Gasteiger partial charge in [0.05, 0.1) is 22.6 Å². The van der Waals surface area contributed by atoms with Crippen molar-refractivity contribution in [2.24, 2.45) is 5.16 Å². The molecule has 3 aromatic rings. The first kappa shape index (κ1) is 23.4. The second kappa shape index (κ2) is 10.4. The number of hydrogen-bond donors (Lipinski definition) is 0. The van der Waals surface area contributed by atoms with Crippen LogP contribution in [-0.4, -0.2) is 43.8 Å². The zero-order valence-corrected chi connectivity index (χ0v) is 20.5. The van der Waals surface area contributed by atoms with Crippen molar-refractivity contribution in [1.82, 2.24) is 4.90 Å². The predicted molar refractivity (Wildman–Crippen MR) is 136 cm³/mol. The first-order valence-electron chi connectivity index (χ1n) is 10.8. The quantitative estimate of drug-likeness (QED) is 0.220. The molecule has 0 saturated heterocycles. The van der Waals surface area contributed by atoms with Crippen LogP contribution in [0.25, 0.3) is 0 Å². The average molecular weight is 480 g/mol. The molecule has 0 aromatic heterocycles. The van der Waals surface area contributed by atoms with Crippen LogP contribution in [0.2, 0.25) is 5.02 Å². The fourth-order valence-electron chi connectivity index (χ4n) is 3.65. The molecule has 0 amide bonds. The lowest BCUT2D eigenvalue weighted by molar-refractivity contribution is 0.0516. The number of carbonyl (C=O) groups excluding carboxylic acids is 1. The number of nitrogens with zero attached hydrogens (tertiary/aromatic N) is 3. The lowest BCUT2D eigenvalue weighted by Gasteiger charge is -2.33. The molecule has 1 aliphatic rings. The zero-order valence-electron chi connectivity index (χ0n) is 18.9. The lowest BCUT2D eigenvalue weighted by atomic mass is 10.1. The summed E-state index contributed by atoms with van der Waals surface area (Å²) in [4.78, 5) is 24.3. The molecular formula is C26H26ClN3O2S. The number of benzene rings is 3. The van der Waals surface area contributed by atoms with Crippen molar-refractivity contribution in [3.8, 4) is 0 Å². The van der Waals surface area contributed by atoms with E-state index in [1.165, 1.54) is 9.79 Å². The highest BCUT2D eigenvalue weighted by Gasteiger charge is 2.24. The van der Waals surface area contributed by atoms with E-state index in [2.05, 4.69) is 47.2 Å². The Kier molecular flexibility index (Phi) is 7.38. The number of anilines is 2. The molecule has 0 unspecified atom stereocenters. The second-order valence-electron chi connectivity index (χ2n) is 8.13. The molecule has 0 bridgehead atoms. The molecule has 33 heavy (non-hydrogen) atoms. The van der Waals surface area contributed by atoms with Crippen LogP contribution in [0.15, 0.2) is 81.7 Å². The Bertz CT molecular complexity index is 1180. The number of hydrogen-bond acceptors (Lipinski definition) is 6. The van der Waals surface area contributed by atoms with Gasteiger partial charge in [0, 0.05) is 26.9 Å². The summed E-state index contributed by atoms with van der Waals surface area (Å²) in [6.07, 6.45) is 1.01. The Morgan fingerprint density at radius 3 is 2.42 bits per heavy atom. The van der Waals surface area contributed by atoms with Crippen LogP contribution in [0, 0.1) is 0 Å². The van der Waals surface area contributed by atoms with E-state index >= 15 is 0 Å². The van der Waals surface area contributed by atoms with Gasteiger partial charge < -0.3 is 14.6 Å². The molecular weight excluding hydrogens is 454 g/mol. The maximum Gasteiger partial charge on any atom is 0.365 e. The summed E-state index contributed by atoms with van der Waals surface area (Å²) in [7, 11) is 4.17. The third-order valence-corrected chi connectivity index (χ3v) is 6.73. The van der Waals surface area contributed by atoms with Crippen LogP contribution in [-0.2, 0) is 4.84 Å². The average Bonchev–Trinajstić information content (AvgIpc) is 2.82. The van der Waals surface area contributed by atoms with E-state index in [0.717, 1.165) is 41.5 Å². The molecule has 0 radical (unpaired) electrons. The topological polar surface area (TPSA) is 45.1 Å². The van der Waals surface area contributed by atoms with E-state index in [1.807, 2.05) is 31.2 Å². The van der Waals surface area contributed by atoms with Gasteiger partial charge in [0.1, 0.15) is 0 Å². The minimum Gasteiger partial charge on any atom is -0.340 e. The van der Waals surface area contributed by atoms with Crippen molar-refractivity contribution < 1.29 is 9.63 Å². The van der Waals surface area contributed by atoms with Gasteiger partial charge in [0.2, 0.25) is 0 Å². The number of oxime groups is 1. The van der Waals surface area contributed by atoms with E-state index in [9.17, 15) is 4.79 Å². The van der Waals surface area contributed by atoms with Crippen LogP contribution in [0.5, 0.6) is 0 Å². The normalized spacial score (nSPS) is 13.0. The predicted octanol–water partition coefficient (Wildman–Crippen LogP) is 6.48. The summed E-state index contributed by atoms with van der Waals surface area (Å²) in [5.74, 6) is -0.475. The van der Waals surface area contributed by atoms with Crippen molar-refractivity contribution in [2.75, 3.05) is 32.1 Å². The maximum absolute atomic E-state index is 12.3. The Balaban J connectivity index is 1.61. The number of halogens is 1. The summed E-state index contributed by atoms with van der Waals surface area (Å²) in [5, 5.41) is 4.82. The largest absolute Gasteiger partial charge is 0.365 e. The lowest BCUT2D eigenvalue weighted by Crippen LogP contribution is -2.25. The Morgan fingerprint density at radius 1 is 1.00 bits per heavy atom. The van der Waals surface area contributed by atoms with Crippen molar-refractivity contribution in [3.63, 3.8) is 0 Å². The van der Waals surface area contributed by atoms with Crippen molar-refractivity contribution in [2.45, 2.75) is 23.1 Å². The van der Waals surface area contributed by atoms with Gasteiger partial charge in [-0.15, -0.1) is 0 Å². The van der Waals surface area contributed by atoms with Crippen LogP contribution < -0.4 is 4.90 Å². The standard InChI is InChI=1S/C26H26ClN3O2S/c1-18(28-32-26(31)19-8-5-4-6-9-19)20-10-12-24-22(16-20)30(15-7-14-29(2)3)23-17-21(27)11-13-25(23)33-24/h4-6,8-13,16-17H,7,14-15H2,1-3H3/b28-18+. The van der Waals surface area contributed by atoms with Crippen molar-refractivity contribution in [3.05, 3.63) is 82.9 Å². The molecule has 0 atom stereocenters. The molecule has 170 valence electrons. The third kappa shape index (κ3) is 5.58. The van der Waals surface area contributed by atoms with E-state index in [-0.39, 0.29) is 0 Å². The first-order chi connectivity index (χ1) is 15.9. The van der Waals surface area contributed by atoms with Crippen molar-refractivity contribution >= 4 is 46.4 Å².